The quantitative estimate of drug-likeness (QED) is 0.623. The molecule has 1 aromatic heterocycles. The monoisotopic (exact) mass is 385 g/mol. The first-order valence-corrected chi connectivity index (χ1v) is 9.26. The number of benzene rings is 2. The van der Waals surface area contributed by atoms with Gasteiger partial charge >= 0.3 is 0 Å². The molecular formula is C21H20FNO3S. The third-order valence-corrected chi connectivity index (χ3v) is 4.94. The standard InChI is InChI=1S/C21H20FNO3S/c1-13-4-6-16(22)17(8-13)23-21(24)20-10-15(12-27-20)11-26-18-7-5-14(2)9-19(18)25-3/h4-10,12H,11H2,1-3H3,(H,23,24). The highest BCUT2D eigenvalue weighted by Gasteiger charge is 2.13. The van der Waals surface area contributed by atoms with E-state index in [9.17, 15) is 9.18 Å². The molecule has 6 heteroatoms. The first-order chi connectivity index (χ1) is 13.0. The molecule has 0 aliphatic rings. The third kappa shape index (κ3) is 4.65. The van der Waals surface area contributed by atoms with Crippen molar-refractivity contribution in [3.63, 3.8) is 0 Å². The van der Waals surface area contributed by atoms with Crippen LogP contribution in [0.25, 0.3) is 0 Å². The van der Waals surface area contributed by atoms with Crippen molar-refractivity contribution in [3.05, 3.63) is 75.2 Å². The first kappa shape index (κ1) is 18.9. The Hall–Kier alpha value is -2.86. The van der Waals surface area contributed by atoms with Crippen molar-refractivity contribution in [2.24, 2.45) is 0 Å². The lowest BCUT2D eigenvalue weighted by Crippen LogP contribution is -2.11. The van der Waals surface area contributed by atoms with Crippen LogP contribution in [0.2, 0.25) is 0 Å². The predicted molar refractivity (Wildman–Crippen MR) is 105 cm³/mol. The summed E-state index contributed by atoms with van der Waals surface area (Å²) in [6.45, 7) is 4.13. The number of aryl methyl sites for hydroxylation is 2. The molecule has 0 spiro atoms. The molecule has 0 saturated carbocycles. The number of halogens is 1. The third-order valence-electron chi connectivity index (χ3n) is 3.96. The molecule has 4 nitrogen and oxygen atoms in total. The molecule has 0 fully saturated rings. The van der Waals surface area contributed by atoms with E-state index in [0.29, 0.717) is 23.0 Å². The lowest BCUT2D eigenvalue weighted by Gasteiger charge is -2.10. The predicted octanol–water partition coefficient (Wildman–Crippen LogP) is 5.34. The lowest BCUT2D eigenvalue weighted by atomic mass is 10.2. The molecule has 0 bridgehead atoms. The minimum atomic E-state index is -0.458. The van der Waals surface area contributed by atoms with Crippen LogP contribution in [0.1, 0.15) is 26.4 Å². The fourth-order valence-electron chi connectivity index (χ4n) is 2.54. The van der Waals surface area contributed by atoms with Crippen LogP contribution < -0.4 is 14.8 Å². The number of anilines is 1. The van der Waals surface area contributed by atoms with E-state index < -0.39 is 5.82 Å². The second-order valence-electron chi connectivity index (χ2n) is 6.20. The Balaban J connectivity index is 1.66. The largest absolute Gasteiger partial charge is 0.493 e. The van der Waals surface area contributed by atoms with Crippen molar-refractivity contribution in [2.45, 2.75) is 20.5 Å². The zero-order valence-corrected chi connectivity index (χ0v) is 16.2. The summed E-state index contributed by atoms with van der Waals surface area (Å²) in [5.41, 5.74) is 2.99. The topological polar surface area (TPSA) is 47.6 Å². The van der Waals surface area contributed by atoms with Crippen molar-refractivity contribution < 1.29 is 18.7 Å². The number of carbonyl (C=O) groups is 1. The molecule has 3 aromatic rings. The number of carbonyl (C=O) groups excluding carboxylic acids is 1. The van der Waals surface area contributed by atoms with Gasteiger partial charge < -0.3 is 14.8 Å². The van der Waals surface area contributed by atoms with Crippen molar-refractivity contribution >= 4 is 22.9 Å². The SMILES string of the molecule is COc1cc(C)ccc1OCc1csc(C(=O)Nc2cc(C)ccc2F)c1. The van der Waals surface area contributed by atoms with Crippen LogP contribution in [-0.4, -0.2) is 13.0 Å². The zero-order chi connectivity index (χ0) is 19.4. The van der Waals surface area contributed by atoms with Gasteiger partial charge in [0.25, 0.3) is 5.91 Å². The number of nitrogens with one attached hydrogen (secondary N) is 1. The fourth-order valence-corrected chi connectivity index (χ4v) is 3.34. The molecule has 0 atom stereocenters. The highest BCUT2D eigenvalue weighted by Crippen LogP contribution is 2.29. The van der Waals surface area contributed by atoms with E-state index in [-0.39, 0.29) is 11.6 Å². The normalized spacial score (nSPS) is 10.5. The number of methoxy groups -OCH3 is 1. The maximum absolute atomic E-state index is 13.8. The van der Waals surface area contributed by atoms with Crippen LogP contribution in [0.15, 0.2) is 47.8 Å². The molecule has 0 unspecified atom stereocenters. The van der Waals surface area contributed by atoms with E-state index in [0.717, 1.165) is 16.7 Å². The van der Waals surface area contributed by atoms with Gasteiger partial charge in [0.2, 0.25) is 0 Å². The summed E-state index contributed by atoms with van der Waals surface area (Å²) < 4.78 is 24.9. The summed E-state index contributed by atoms with van der Waals surface area (Å²) in [7, 11) is 1.60. The molecule has 1 heterocycles. The van der Waals surface area contributed by atoms with Crippen LogP contribution in [-0.2, 0) is 6.61 Å². The van der Waals surface area contributed by atoms with Gasteiger partial charge in [-0.05, 0) is 60.7 Å². The average Bonchev–Trinajstić information content (AvgIpc) is 3.12. The summed E-state index contributed by atoms with van der Waals surface area (Å²) in [4.78, 5) is 12.9. The Kier molecular flexibility index (Phi) is 5.76. The Morgan fingerprint density at radius 2 is 1.81 bits per heavy atom. The summed E-state index contributed by atoms with van der Waals surface area (Å²) in [5, 5.41) is 4.46. The van der Waals surface area contributed by atoms with Gasteiger partial charge in [-0.15, -0.1) is 11.3 Å². The molecule has 0 saturated heterocycles. The Bertz CT molecular complexity index is 968. The van der Waals surface area contributed by atoms with Crippen LogP contribution in [0.4, 0.5) is 10.1 Å². The van der Waals surface area contributed by atoms with E-state index in [2.05, 4.69) is 5.32 Å². The highest BCUT2D eigenvalue weighted by atomic mass is 32.1. The number of hydrogen-bond donors (Lipinski definition) is 1. The maximum atomic E-state index is 13.8. The van der Waals surface area contributed by atoms with Gasteiger partial charge in [-0.1, -0.05) is 12.1 Å². The minimum Gasteiger partial charge on any atom is -0.493 e. The van der Waals surface area contributed by atoms with Gasteiger partial charge in [-0.2, -0.15) is 0 Å². The van der Waals surface area contributed by atoms with Crippen molar-refractivity contribution in [1.29, 1.82) is 0 Å². The molecule has 0 aliphatic heterocycles. The average molecular weight is 385 g/mol. The molecule has 27 heavy (non-hydrogen) atoms. The Morgan fingerprint density at radius 3 is 2.59 bits per heavy atom. The van der Waals surface area contributed by atoms with E-state index in [4.69, 9.17) is 9.47 Å². The molecule has 1 amide bonds. The zero-order valence-electron chi connectivity index (χ0n) is 15.3. The summed E-state index contributed by atoms with van der Waals surface area (Å²) in [6, 6.07) is 12.1. The van der Waals surface area contributed by atoms with E-state index in [1.54, 1.807) is 25.3 Å². The van der Waals surface area contributed by atoms with Crippen molar-refractivity contribution in [1.82, 2.24) is 0 Å². The van der Waals surface area contributed by atoms with Crippen molar-refractivity contribution in [3.8, 4) is 11.5 Å². The van der Waals surface area contributed by atoms with Gasteiger partial charge in [0, 0.05) is 5.56 Å². The number of hydrogen-bond acceptors (Lipinski definition) is 4. The van der Waals surface area contributed by atoms with E-state index >= 15 is 0 Å². The summed E-state index contributed by atoms with van der Waals surface area (Å²) in [6.07, 6.45) is 0. The Labute approximate surface area is 161 Å². The molecule has 1 N–H and O–H groups in total. The number of amides is 1. The van der Waals surface area contributed by atoms with Gasteiger partial charge in [-0.3, -0.25) is 4.79 Å². The number of ether oxygens (including phenoxy) is 2. The van der Waals surface area contributed by atoms with Crippen LogP contribution in [0.5, 0.6) is 11.5 Å². The number of thiophene rings is 1. The Morgan fingerprint density at radius 1 is 1.07 bits per heavy atom. The summed E-state index contributed by atoms with van der Waals surface area (Å²) in [5.74, 6) is 0.504. The van der Waals surface area contributed by atoms with Crippen molar-refractivity contribution in [2.75, 3.05) is 12.4 Å². The molecule has 2 aromatic carbocycles. The molecule has 3 rings (SSSR count). The maximum Gasteiger partial charge on any atom is 0.265 e. The molecule has 140 valence electrons. The lowest BCUT2D eigenvalue weighted by molar-refractivity contribution is 0.103. The fraction of sp³-hybridized carbons (Fsp3) is 0.190. The molecule has 0 radical (unpaired) electrons. The van der Waals surface area contributed by atoms with Crippen LogP contribution in [0.3, 0.4) is 0 Å². The smallest absolute Gasteiger partial charge is 0.265 e. The van der Waals surface area contributed by atoms with Crippen LogP contribution in [0, 0.1) is 19.7 Å². The van der Waals surface area contributed by atoms with Crippen LogP contribution >= 0.6 is 11.3 Å². The second-order valence-corrected chi connectivity index (χ2v) is 7.11. The van der Waals surface area contributed by atoms with E-state index in [1.807, 2.05) is 37.4 Å². The second kappa shape index (κ2) is 8.22. The number of rotatable bonds is 6. The van der Waals surface area contributed by atoms with Gasteiger partial charge in [0.15, 0.2) is 11.5 Å². The minimum absolute atomic E-state index is 0.176. The highest BCUT2D eigenvalue weighted by molar-refractivity contribution is 7.12. The van der Waals surface area contributed by atoms with Gasteiger partial charge in [0.05, 0.1) is 17.7 Å². The summed E-state index contributed by atoms with van der Waals surface area (Å²) >= 11 is 1.29. The van der Waals surface area contributed by atoms with E-state index in [1.165, 1.54) is 17.4 Å². The molecule has 0 aliphatic carbocycles. The van der Waals surface area contributed by atoms with Gasteiger partial charge in [0.1, 0.15) is 12.4 Å². The first-order valence-electron chi connectivity index (χ1n) is 8.38. The van der Waals surface area contributed by atoms with Gasteiger partial charge in [-0.25, -0.2) is 4.39 Å². The molecular weight excluding hydrogens is 365 g/mol.